The Kier molecular flexibility index (Phi) is 7.51. The van der Waals surface area contributed by atoms with Crippen molar-refractivity contribution in [2.75, 3.05) is 25.6 Å². The molecule has 2 aromatic carbocycles. The maximum Gasteiger partial charge on any atom is 0.416 e. The molecule has 0 saturated carbocycles. The van der Waals surface area contributed by atoms with Gasteiger partial charge in [-0.05, 0) is 43.3 Å². The molecule has 0 spiro atoms. The molecule has 31 heavy (non-hydrogen) atoms. The zero-order chi connectivity index (χ0) is 23.2. The molecule has 2 rings (SSSR count). The first-order valence-electron chi connectivity index (χ1n) is 9.16. The van der Waals surface area contributed by atoms with Crippen molar-refractivity contribution in [1.82, 2.24) is 0 Å². The summed E-state index contributed by atoms with van der Waals surface area (Å²) in [5, 5.41) is 0. The van der Waals surface area contributed by atoms with Gasteiger partial charge >= 0.3 is 12.1 Å². The van der Waals surface area contributed by atoms with Crippen LogP contribution in [0.3, 0.4) is 0 Å². The first-order valence-corrected chi connectivity index (χ1v) is 9.16. The normalized spacial score (nSPS) is 12.8. The van der Waals surface area contributed by atoms with Crippen LogP contribution in [-0.4, -0.2) is 32.5 Å². The van der Waals surface area contributed by atoms with Crippen LogP contribution < -0.4 is 21.1 Å². The van der Waals surface area contributed by atoms with Crippen molar-refractivity contribution >= 4 is 17.5 Å². The highest BCUT2D eigenvalue weighted by Gasteiger charge is 2.30. The summed E-state index contributed by atoms with van der Waals surface area (Å²) >= 11 is 0. The SMILES string of the molecule is CCOC(=O)/C(N)=C(/N=C(\N)c1ccc(C(F)(F)F)cc1)Oc1ccc(N(C)C)cc1. The zero-order valence-electron chi connectivity index (χ0n) is 17.2. The summed E-state index contributed by atoms with van der Waals surface area (Å²) in [6, 6.07) is 10.9. The highest BCUT2D eigenvalue weighted by Crippen LogP contribution is 2.29. The van der Waals surface area contributed by atoms with E-state index in [4.69, 9.17) is 20.9 Å². The monoisotopic (exact) mass is 436 g/mol. The number of carbonyl (C=O) groups excluding carboxylic acids is 1. The molecule has 0 aliphatic heterocycles. The smallest absolute Gasteiger partial charge is 0.416 e. The first-order chi connectivity index (χ1) is 14.5. The number of hydrogen-bond donors (Lipinski definition) is 2. The van der Waals surface area contributed by atoms with Crippen LogP contribution in [0.4, 0.5) is 18.9 Å². The van der Waals surface area contributed by atoms with E-state index in [1.54, 1.807) is 31.2 Å². The largest absolute Gasteiger partial charge is 0.461 e. The average Bonchev–Trinajstić information content (AvgIpc) is 2.72. The summed E-state index contributed by atoms with van der Waals surface area (Å²) in [6.45, 7) is 1.67. The van der Waals surface area contributed by atoms with E-state index in [9.17, 15) is 18.0 Å². The van der Waals surface area contributed by atoms with Gasteiger partial charge in [-0.15, -0.1) is 0 Å². The summed E-state index contributed by atoms with van der Waals surface area (Å²) in [6.07, 6.45) is -4.48. The predicted octanol–water partition coefficient (Wildman–Crippen LogP) is 3.25. The minimum Gasteiger partial charge on any atom is -0.461 e. The zero-order valence-corrected chi connectivity index (χ0v) is 17.2. The number of esters is 1. The third kappa shape index (κ3) is 6.39. The molecule has 0 aliphatic carbocycles. The number of benzene rings is 2. The molecular formula is C21H23F3N4O3. The fourth-order valence-corrected chi connectivity index (χ4v) is 2.36. The minimum absolute atomic E-state index is 0.0719. The maximum atomic E-state index is 12.8. The van der Waals surface area contributed by atoms with Crippen LogP contribution in [0.15, 0.2) is 65.1 Å². The molecule has 0 aliphatic rings. The Morgan fingerprint density at radius 2 is 1.61 bits per heavy atom. The van der Waals surface area contributed by atoms with E-state index in [1.165, 1.54) is 0 Å². The van der Waals surface area contributed by atoms with Crippen molar-refractivity contribution < 1.29 is 27.4 Å². The van der Waals surface area contributed by atoms with Gasteiger partial charge in [0.05, 0.1) is 12.2 Å². The van der Waals surface area contributed by atoms with Crippen LogP contribution >= 0.6 is 0 Å². The van der Waals surface area contributed by atoms with Gasteiger partial charge in [0.2, 0.25) is 0 Å². The van der Waals surface area contributed by atoms with Crippen molar-refractivity contribution in [3.05, 3.63) is 71.2 Å². The van der Waals surface area contributed by atoms with Gasteiger partial charge in [-0.3, -0.25) is 0 Å². The third-order valence-corrected chi connectivity index (χ3v) is 4.02. The van der Waals surface area contributed by atoms with E-state index in [1.807, 2.05) is 19.0 Å². The van der Waals surface area contributed by atoms with Crippen LogP contribution in [0.25, 0.3) is 0 Å². The van der Waals surface area contributed by atoms with Crippen molar-refractivity contribution in [3.63, 3.8) is 0 Å². The highest BCUT2D eigenvalue weighted by atomic mass is 19.4. The van der Waals surface area contributed by atoms with E-state index in [0.29, 0.717) is 5.75 Å². The van der Waals surface area contributed by atoms with Gasteiger partial charge < -0.3 is 25.8 Å². The summed E-state index contributed by atoms with van der Waals surface area (Å²) in [7, 11) is 3.74. The molecular weight excluding hydrogens is 413 g/mol. The van der Waals surface area contributed by atoms with E-state index >= 15 is 0 Å². The van der Waals surface area contributed by atoms with Crippen molar-refractivity contribution in [1.29, 1.82) is 0 Å². The van der Waals surface area contributed by atoms with Gasteiger partial charge in [0.1, 0.15) is 11.6 Å². The first kappa shape index (κ1) is 23.6. The second kappa shape index (κ2) is 9.88. The standard InChI is InChI=1S/C21H23F3N4O3/c1-4-30-20(29)17(25)19(31-16-11-9-15(10-12-16)28(2)3)27-18(26)13-5-7-14(8-6-13)21(22,23)24/h5-12H,4,25H2,1-3H3,(H2,26,27)/b19-17+. The molecule has 0 aromatic heterocycles. The van der Waals surface area contributed by atoms with E-state index in [0.717, 1.165) is 30.0 Å². The molecule has 0 unspecified atom stereocenters. The second-order valence-electron chi connectivity index (χ2n) is 6.50. The number of rotatable bonds is 7. The number of hydrogen-bond acceptors (Lipinski definition) is 6. The van der Waals surface area contributed by atoms with Crippen molar-refractivity contribution in [3.8, 4) is 5.75 Å². The van der Waals surface area contributed by atoms with Crippen LogP contribution in [0.1, 0.15) is 18.1 Å². The number of ether oxygens (including phenoxy) is 2. The van der Waals surface area contributed by atoms with E-state index < -0.39 is 23.4 Å². The van der Waals surface area contributed by atoms with Gasteiger partial charge in [0, 0.05) is 25.3 Å². The molecule has 0 fully saturated rings. The maximum absolute atomic E-state index is 12.8. The number of carbonyl (C=O) groups is 1. The quantitative estimate of drug-likeness (QED) is 0.227. The Morgan fingerprint density at radius 1 is 1.03 bits per heavy atom. The third-order valence-electron chi connectivity index (χ3n) is 4.02. The molecule has 0 bridgehead atoms. The molecule has 10 heteroatoms. The van der Waals surface area contributed by atoms with Gasteiger partial charge in [0.15, 0.2) is 5.70 Å². The lowest BCUT2D eigenvalue weighted by molar-refractivity contribution is -0.139. The highest BCUT2D eigenvalue weighted by molar-refractivity contribution is 5.98. The Hall–Kier alpha value is -3.69. The lowest BCUT2D eigenvalue weighted by Gasteiger charge is -2.14. The van der Waals surface area contributed by atoms with Crippen molar-refractivity contribution in [2.45, 2.75) is 13.1 Å². The van der Waals surface area contributed by atoms with Crippen molar-refractivity contribution in [2.24, 2.45) is 16.5 Å². The van der Waals surface area contributed by atoms with Gasteiger partial charge in [0.25, 0.3) is 5.88 Å². The fraction of sp³-hybridized carbons (Fsp3) is 0.238. The van der Waals surface area contributed by atoms with Crippen LogP contribution in [-0.2, 0) is 15.7 Å². The van der Waals surface area contributed by atoms with Gasteiger partial charge in [-0.25, -0.2) is 4.79 Å². The lowest BCUT2D eigenvalue weighted by atomic mass is 10.1. The number of halogens is 3. The number of nitrogens with zero attached hydrogens (tertiary/aromatic N) is 2. The average molecular weight is 436 g/mol. The summed E-state index contributed by atoms with van der Waals surface area (Å²) in [5.41, 5.74) is 11.6. The van der Waals surface area contributed by atoms with Crippen LogP contribution in [0.2, 0.25) is 0 Å². The summed E-state index contributed by atoms with van der Waals surface area (Å²) in [5.74, 6) is -1.09. The topological polar surface area (TPSA) is 103 Å². The molecule has 2 aromatic rings. The van der Waals surface area contributed by atoms with E-state index in [2.05, 4.69) is 4.99 Å². The molecule has 0 amide bonds. The number of alkyl halides is 3. The number of aliphatic imine (C=N–C) groups is 1. The van der Waals surface area contributed by atoms with Gasteiger partial charge in [-0.2, -0.15) is 18.2 Å². The Balaban J connectivity index is 2.40. The second-order valence-corrected chi connectivity index (χ2v) is 6.50. The Bertz CT molecular complexity index is 967. The van der Waals surface area contributed by atoms with E-state index in [-0.39, 0.29) is 23.9 Å². The fourth-order valence-electron chi connectivity index (χ4n) is 2.36. The van der Waals surface area contributed by atoms with Crippen LogP contribution in [0, 0.1) is 0 Å². The molecule has 0 saturated heterocycles. The summed E-state index contributed by atoms with van der Waals surface area (Å²) in [4.78, 5) is 18.0. The predicted molar refractivity (Wildman–Crippen MR) is 111 cm³/mol. The molecule has 0 radical (unpaired) electrons. The Labute approximate surface area is 177 Å². The molecule has 0 atom stereocenters. The summed E-state index contributed by atoms with van der Waals surface area (Å²) < 4.78 is 48.8. The molecule has 166 valence electrons. The van der Waals surface area contributed by atoms with Gasteiger partial charge in [-0.1, -0.05) is 12.1 Å². The molecule has 4 N–H and O–H groups in total. The number of nitrogens with two attached hydrogens (primary N) is 2. The number of anilines is 1. The molecule has 0 heterocycles. The molecule has 7 nitrogen and oxygen atoms in total. The minimum atomic E-state index is -4.48. The lowest BCUT2D eigenvalue weighted by Crippen LogP contribution is -2.21. The number of amidine groups is 1. The Morgan fingerprint density at radius 3 is 2.10 bits per heavy atom. The van der Waals surface area contributed by atoms with Crippen LogP contribution in [0.5, 0.6) is 5.75 Å².